The molecule has 2 amide bonds. The molecule has 3 aliphatic rings. The molecule has 2 aromatic heterocycles. The van der Waals surface area contributed by atoms with Crippen LogP contribution in [0.5, 0.6) is 5.88 Å². The first-order valence-corrected chi connectivity index (χ1v) is 11.3. The van der Waals surface area contributed by atoms with Crippen LogP contribution in [-0.4, -0.2) is 73.6 Å². The highest BCUT2D eigenvalue weighted by Gasteiger charge is 2.31. The fraction of sp³-hybridized carbons (Fsp3) is 0.545. The number of nitrogens with zero attached hydrogens (tertiary/aromatic N) is 4. The molecule has 0 unspecified atom stereocenters. The third-order valence-electron chi connectivity index (χ3n) is 6.57. The predicted octanol–water partition coefficient (Wildman–Crippen LogP) is 1.29. The summed E-state index contributed by atoms with van der Waals surface area (Å²) < 4.78 is 8.19. The van der Waals surface area contributed by atoms with E-state index >= 15 is 0 Å². The minimum atomic E-state index is -1.02. The molecule has 0 atom stereocenters. The maximum atomic E-state index is 13.2. The first kappa shape index (κ1) is 21.5. The monoisotopic (exact) mass is 457 g/mol. The van der Waals surface area contributed by atoms with Gasteiger partial charge in [-0.3, -0.25) is 14.2 Å². The van der Waals surface area contributed by atoms with Crippen LogP contribution < -0.4 is 10.9 Å². The van der Waals surface area contributed by atoms with E-state index in [1.807, 2.05) is 6.08 Å². The van der Waals surface area contributed by atoms with E-state index < -0.39 is 17.6 Å². The summed E-state index contributed by atoms with van der Waals surface area (Å²) in [5, 5.41) is 27.7. The van der Waals surface area contributed by atoms with E-state index in [0.717, 1.165) is 30.2 Å². The van der Waals surface area contributed by atoms with Gasteiger partial charge < -0.3 is 25.2 Å². The third kappa shape index (κ3) is 4.08. The molecule has 0 spiro atoms. The molecular formula is C22H27N5O6. The number of carbonyl (C=O) groups excluding carboxylic acids is 1. The molecule has 2 fully saturated rings. The highest BCUT2D eigenvalue weighted by atomic mass is 16.5. The number of aromatic nitrogens is 3. The summed E-state index contributed by atoms with van der Waals surface area (Å²) in [6, 6.07) is 0.0264. The van der Waals surface area contributed by atoms with Crippen LogP contribution in [0, 0.1) is 5.92 Å². The Morgan fingerprint density at radius 1 is 1.21 bits per heavy atom. The highest BCUT2D eigenvalue weighted by Crippen LogP contribution is 2.30. The maximum Gasteiger partial charge on any atom is 0.407 e. The number of fused-ring (bicyclic) bond motifs is 1. The number of hydrogen-bond acceptors (Lipinski definition) is 6. The average Bonchev–Trinajstić information content (AvgIpc) is 3.51. The Bertz CT molecular complexity index is 1190. The summed E-state index contributed by atoms with van der Waals surface area (Å²) in [6.07, 6.45) is 6.26. The van der Waals surface area contributed by atoms with Crippen molar-refractivity contribution in [2.45, 2.75) is 44.7 Å². The molecule has 4 heterocycles. The fourth-order valence-electron chi connectivity index (χ4n) is 4.56. The summed E-state index contributed by atoms with van der Waals surface area (Å²) in [7, 11) is 0. The molecule has 1 saturated heterocycles. The zero-order valence-corrected chi connectivity index (χ0v) is 18.2. The Hall–Kier alpha value is -3.34. The summed E-state index contributed by atoms with van der Waals surface area (Å²) in [4.78, 5) is 38.9. The molecule has 1 saturated carbocycles. The zero-order valence-electron chi connectivity index (χ0n) is 18.2. The van der Waals surface area contributed by atoms with Gasteiger partial charge in [-0.25, -0.2) is 4.79 Å². The molecule has 0 bridgehead atoms. The number of hydrogen-bond donors (Lipinski definition) is 3. The van der Waals surface area contributed by atoms with Crippen LogP contribution in [0.3, 0.4) is 0 Å². The lowest BCUT2D eigenvalue weighted by molar-refractivity contribution is 0.0607. The van der Waals surface area contributed by atoms with Crippen LogP contribution in [-0.2, 0) is 11.3 Å². The number of carbonyl (C=O) groups is 2. The molecule has 1 aliphatic carbocycles. The van der Waals surface area contributed by atoms with Gasteiger partial charge in [-0.1, -0.05) is 6.08 Å². The van der Waals surface area contributed by atoms with Crippen LogP contribution in [0.15, 0.2) is 17.1 Å². The summed E-state index contributed by atoms with van der Waals surface area (Å²) in [5.41, 5.74) is 0.649. The van der Waals surface area contributed by atoms with Crippen molar-refractivity contribution in [2.24, 2.45) is 5.92 Å². The molecule has 2 aromatic rings. The largest absolute Gasteiger partial charge is 0.494 e. The van der Waals surface area contributed by atoms with E-state index in [0.29, 0.717) is 49.5 Å². The molecule has 0 radical (unpaired) electrons. The second-order valence-corrected chi connectivity index (χ2v) is 8.93. The van der Waals surface area contributed by atoms with Crippen molar-refractivity contribution in [3.8, 4) is 5.88 Å². The number of carboxylic acid groups (broad SMARTS) is 1. The van der Waals surface area contributed by atoms with Gasteiger partial charge in [0.15, 0.2) is 5.56 Å². The molecule has 2 aliphatic heterocycles. The first-order valence-electron chi connectivity index (χ1n) is 11.3. The van der Waals surface area contributed by atoms with E-state index in [9.17, 15) is 24.6 Å². The molecule has 33 heavy (non-hydrogen) atoms. The van der Waals surface area contributed by atoms with Gasteiger partial charge in [0.2, 0.25) is 5.88 Å². The number of rotatable bonds is 5. The Balaban J connectivity index is 1.64. The van der Waals surface area contributed by atoms with Gasteiger partial charge in [-0.2, -0.15) is 9.61 Å². The predicted molar refractivity (Wildman–Crippen MR) is 117 cm³/mol. The van der Waals surface area contributed by atoms with Crippen molar-refractivity contribution in [1.82, 2.24) is 24.4 Å². The van der Waals surface area contributed by atoms with Crippen molar-refractivity contribution in [3.05, 3.63) is 33.8 Å². The fourth-order valence-corrected chi connectivity index (χ4v) is 4.56. The lowest BCUT2D eigenvalue weighted by Crippen LogP contribution is -2.35. The van der Waals surface area contributed by atoms with Gasteiger partial charge in [0.05, 0.1) is 6.20 Å². The Morgan fingerprint density at radius 3 is 2.67 bits per heavy atom. The summed E-state index contributed by atoms with van der Waals surface area (Å²) >= 11 is 0. The minimum absolute atomic E-state index is 0.0264. The van der Waals surface area contributed by atoms with Gasteiger partial charge in [0, 0.05) is 44.5 Å². The van der Waals surface area contributed by atoms with E-state index in [1.54, 1.807) is 4.57 Å². The number of aromatic hydroxyl groups is 1. The smallest absolute Gasteiger partial charge is 0.407 e. The third-order valence-corrected chi connectivity index (χ3v) is 6.57. The van der Waals surface area contributed by atoms with Gasteiger partial charge >= 0.3 is 6.09 Å². The van der Waals surface area contributed by atoms with Crippen LogP contribution >= 0.6 is 0 Å². The van der Waals surface area contributed by atoms with Crippen molar-refractivity contribution in [3.63, 3.8) is 0 Å². The van der Waals surface area contributed by atoms with Crippen molar-refractivity contribution >= 4 is 23.2 Å². The highest BCUT2D eigenvalue weighted by molar-refractivity contribution is 5.97. The molecule has 5 rings (SSSR count). The van der Waals surface area contributed by atoms with E-state index in [4.69, 9.17) is 4.74 Å². The van der Waals surface area contributed by atoms with Crippen molar-refractivity contribution < 1.29 is 24.5 Å². The quantitative estimate of drug-likeness (QED) is 0.615. The Kier molecular flexibility index (Phi) is 5.57. The van der Waals surface area contributed by atoms with Gasteiger partial charge in [0.25, 0.3) is 11.5 Å². The zero-order chi connectivity index (χ0) is 23.1. The average molecular weight is 457 g/mol. The second kappa shape index (κ2) is 8.54. The Labute approximate surface area is 189 Å². The van der Waals surface area contributed by atoms with Crippen LogP contribution in [0.4, 0.5) is 4.79 Å². The molecular weight excluding hydrogens is 430 g/mol. The topological polar surface area (TPSA) is 138 Å². The molecule has 11 nitrogen and oxygen atoms in total. The van der Waals surface area contributed by atoms with Crippen molar-refractivity contribution in [1.29, 1.82) is 0 Å². The minimum Gasteiger partial charge on any atom is -0.494 e. The Morgan fingerprint density at radius 2 is 1.97 bits per heavy atom. The standard InChI is InChI=1S/C22H27N5O6/c28-18(24-15-3-4-15)17-20(29)26(11-13-5-8-33-9-6-13)19-16(10-23-27(19)21(17)30)14-2-1-7-25(12-14)22(31)32/h2,10,13,15,29H,1,3-9,11-12H2,(H,24,28)(H,31,32). The van der Waals surface area contributed by atoms with Crippen LogP contribution in [0.1, 0.15) is 48.0 Å². The van der Waals surface area contributed by atoms with Crippen LogP contribution in [0.25, 0.3) is 11.2 Å². The van der Waals surface area contributed by atoms with Crippen molar-refractivity contribution in [2.75, 3.05) is 26.3 Å². The molecule has 0 aromatic carbocycles. The van der Waals surface area contributed by atoms with E-state index in [-0.39, 0.29) is 29.9 Å². The summed E-state index contributed by atoms with van der Waals surface area (Å²) in [6.45, 7) is 2.16. The SMILES string of the molecule is O=C(NC1CC1)c1c(O)n(CC2CCOCC2)c2c(C3=CCCN(C(=O)O)C3)cnn2c1=O. The van der Waals surface area contributed by atoms with E-state index in [1.165, 1.54) is 11.1 Å². The maximum absolute atomic E-state index is 13.2. The second-order valence-electron chi connectivity index (χ2n) is 8.93. The summed E-state index contributed by atoms with van der Waals surface area (Å²) in [5.74, 6) is -0.798. The number of nitrogens with one attached hydrogen (secondary N) is 1. The van der Waals surface area contributed by atoms with Gasteiger partial charge in [-0.15, -0.1) is 0 Å². The first-order chi connectivity index (χ1) is 15.9. The molecule has 3 N–H and O–H groups in total. The lowest BCUT2D eigenvalue weighted by Gasteiger charge is -2.26. The van der Waals surface area contributed by atoms with E-state index in [2.05, 4.69) is 10.4 Å². The molecule has 11 heteroatoms. The van der Waals surface area contributed by atoms with Crippen LogP contribution in [0.2, 0.25) is 0 Å². The number of ether oxygens (including phenoxy) is 1. The molecule has 176 valence electrons. The van der Waals surface area contributed by atoms with Gasteiger partial charge in [-0.05, 0) is 43.6 Å². The normalized spacial score (nSPS) is 19.5. The number of amides is 2. The van der Waals surface area contributed by atoms with Gasteiger partial charge in [0.1, 0.15) is 5.65 Å². The lowest BCUT2D eigenvalue weighted by atomic mass is 9.99.